The van der Waals surface area contributed by atoms with Gasteiger partial charge in [0.15, 0.2) is 0 Å². The summed E-state index contributed by atoms with van der Waals surface area (Å²) in [5, 5.41) is 3.95. The summed E-state index contributed by atoms with van der Waals surface area (Å²) < 4.78 is 11.7. The second-order valence-electron chi connectivity index (χ2n) is 4.57. The summed E-state index contributed by atoms with van der Waals surface area (Å²) in [5.74, 6) is 1.29. The highest BCUT2D eigenvalue weighted by Gasteiger charge is 2.14. The normalized spacial score (nSPS) is 11.9. The lowest BCUT2D eigenvalue weighted by atomic mass is 10.1. The quantitative estimate of drug-likeness (QED) is 0.775. The molecular formula is C16H17BrClNO2. The summed E-state index contributed by atoms with van der Waals surface area (Å²) in [7, 11) is 3.21. The molecule has 0 saturated heterocycles. The Balaban J connectivity index is 2.32. The minimum absolute atomic E-state index is 0.0976. The second kappa shape index (κ2) is 7.05. The molecule has 0 spiro atoms. The molecule has 0 aliphatic carbocycles. The first-order valence-corrected chi connectivity index (χ1v) is 7.66. The molecule has 0 radical (unpaired) electrons. The van der Waals surface area contributed by atoms with Crippen LogP contribution in [0.15, 0.2) is 40.9 Å². The van der Waals surface area contributed by atoms with Gasteiger partial charge >= 0.3 is 0 Å². The molecule has 0 fully saturated rings. The number of benzene rings is 2. The van der Waals surface area contributed by atoms with Gasteiger partial charge in [-0.15, -0.1) is 0 Å². The number of ether oxygens (including phenoxy) is 2. The standard InChI is InChI=1S/C16H17BrClNO2/c1-10(11-6-4-5-7-12(11)17)19-14-9-15(20-2)13(18)8-16(14)21-3/h4-10,19H,1-3H3. The maximum atomic E-state index is 6.12. The van der Waals surface area contributed by atoms with Crippen LogP contribution in [-0.4, -0.2) is 14.2 Å². The Labute approximate surface area is 138 Å². The monoisotopic (exact) mass is 369 g/mol. The van der Waals surface area contributed by atoms with Crippen LogP contribution in [0.4, 0.5) is 5.69 Å². The third-order valence-electron chi connectivity index (χ3n) is 3.22. The molecular weight excluding hydrogens is 354 g/mol. The molecule has 3 nitrogen and oxygen atoms in total. The molecule has 21 heavy (non-hydrogen) atoms. The van der Waals surface area contributed by atoms with Crippen LogP contribution in [0.2, 0.25) is 5.02 Å². The maximum Gasteiger partial charge on any atom is 0.143 e. The first-order chi connectivity index (χ1) is 10.1. The van der Waals surface area contributed by atoms with Gasteiger partial charge in [-0.05, 0) is 18.6 Å². The van der Waals surface area contributed by atoms with E-state index in [1.165, 1.54) is 0 Å². The highest BCUT2D eigenvalue weighted by atomic mass is 79.9. The number of methoxy groups -OCH3 is 2. The van der Waals surface area contributed by atoms with Crippen molar-refractivity contribution in [1.82, 2.24) is 0 Å². The Morgan fingerprint density at radius 1 is 1.10 bits per heavy atom. The van der Waals surface area contributed by atoms with Gasteiger partial charge in [0.05, 0.1) is 24.9 Å². The van der Waals surface area contributed by atoms with Gasteiger partial charge in [-0.2, -0.15) is 0 Å². The van der Waals surface area contributed by atoms with Crippen molar-refractivity contribution in [1.29, 1.82) is 0 Å². The van der Waals surface area contributed by atoms with Gasteiger partial charge in [0.25, 0.3) is 0 Å². The van der Waals surface area contributed by atoms with E-state index in [0.717, 1.165) is 15.7 Å². The van der Waals surface area contributed by atoms with E-state index in [-0.39, 0.29) is 6.04 Å². The predicted molar refractivity (Wildman–Crippen MR) is 90.7 cm³/mol. The lowest BCUT2D eigenvalue weighted by Gasteiger charge is -2.20. The van der Waals surface area contributed by atoms with E-state index in [1.807, 2.05) is 24.3 Å². The Hall–Kier alpha value is -1.39. The minimum Gasteiger partial charge on any atom is -0.495 e. The third-order valence-corrected chi connectivity index (χ3v) is 4.24. The molecule has 5 heteroatoms. The molecule has 0 aliphatic heterocycles. The molecule has 112 valence electrons. The predicted octanol–water partition coefficient (Wildman–Crippen LogP) is 5.29. The maximum absolute atomic E-state index is 6.12. The van der Waals surface area contributed by atoms with Crippen LogP contribution < -0.4 is 14.8 Å². The zero-order chi connectivity index (χ0) is 15.4. The van der Waals surface area contributed by atoms with Crippen molar-refractivity contribution in [2.24, 2.45) is 0 Å². The zero-order valence-electron chi connectivity index (χ0n) is 12.1. The number of hydrogen-bond acceptors (Lipinski definition) is 3. The molecule has 1 unspecified atom stereocenters. The largest absolute Gasteiger partial charge is 0.495 e. The van der Waals surface area contributed by atoms with E-state index in [1.54, 1.807) is 20.3 Å². The molecule has 0 aromatic heterocycles. The van der Waals surface area contributed by atoms with E-state index in [2.05, 4.69) is 34.2 Å². The van der Waals surface area contributed by atoms with E-state index in [9.17, 15) is 0 Å². The number of nitrogens with one attached hydrogen (secondary N) is 1. The van der Waals surface area contributed by atoms with Crippen LogP contribution in [0, 0.1) is 0 Å². The molecule has 0 bridgehead atoms. The smallest absolute Gasteiger partial charge is 0.143 e. The molecule has 2 aromatic rings. The van der Waals surface area contributed by atoms with Crippen molar-refractivity contribution >= 4 is 33.2 Å². The van der Waals surface area contributed by atoms with Gasteiger partial charge in [-0.1, -0.05) is 45.7 Å². The summed E-state index contributed by atoms with van der Waals surface area (Å²) in [5.41, 5.74) is 2.00. The Kier molecular flexibility index (Phi) is 5.37. The van der Waals surface area contributed by atoms with E-state index < -0.39 is 0 Å². The summed E-state index contributed by atoms with van der Waals surface area (Å²) >= 11 is 9.69. The molecule has 1 atom stereocenters. The molecule has 0 amide bonds. The van der Waals surface area contributed by atoms with Gasteiger partial charge in [0.1, 0.15) is 11.5 Å². The Bertz CT molecular complexity index is 634. The van der Waals surface area contributed by atoms with E-state index in [4.69, 9.17) is 21.1 Å². The Morgan fingerprint density at radius 2 is 1.76 bits per heavy atom. The van der Waals surface area contributed by atoms with Gasteiger partial charge in [0, 0.05) is 22.6 Å². The highest BCUT2D eigenvalue weighted by Crippen LogP contribution is 2.38. The lowest BCUT2D eigenvalue weighted by Crippen LogP contribution is -2.08. The van der Waals surface area contributed by atoms with E-state index >= 15 is 0 Å². The molecule has 0 heterocycles. The summed E-state index contributed by atoms with van der Waals surface area (Å²) in [4.78, 5) is 0. The van der Waals surface area contributed by atoms with Crippen LogP contribution in [0.1, 0.15) is 18.5 Å². The SMILES string of the molecule is COc1cc(NC(C)c2ccccc2Br)c(OC)cc1Cl. The van der Waals surface area contributed by atoms with Gasteiger partial charge in [0.2, 0.25) is 0 Å². The summed E-state index contributed by atoms with van der Waals surface area (Å²) in [6.45, 7) is 2.08. The molecule has 2 aromatic carbocycles. The van der Waals surface area contributed by atoms with Gasteiger partial charge in [-0.25, -0.2) is 0 Å². The second-order valence-corrected chi connectivity index (χ2v) is 5.84. The molecule has 0 aliphatic rings. The van der Waals surface area contributed by atoms with Crippen LogP contribution >= 0.6 is 27.5 Å². The third kappa shape index (κ3) is 3.63. The van der Waals surface area contributed by atoms with E-state index in [0.29, 0.717) is 16.5 Å². The fraction of sp³-hybridized carbons (Fsp3) is 0.250. The van der Waals surface area contributed by atoms with Gasteiger partial charge in [-0.3, -0.25) is 0 Å². The lowest BCUT2D eigenvalue weighted by molar-refractivity contribution is 0.404. The summed E-state index contributed by atoms with van der Waals surface area (Å²) in [6, 6.07) is 11.8. The van der Waals surface area contributed by atoms with Gasteiger partial charge < -0.3 is 14.8 Å². The highest BCUT2D eigenvalue weighted by molar-refractivity contribution is 9.10. The van der Waals surface area contributed by atoms with Crippen molar-refractivity contribution in [3.05, 3.63) is 51.5 Å². The van der Waals surface area contributed by atoms with Crippen LogP contribution in [0.5, 0.6) is 11.5 Å². The minimum atomic E-state index is 0.0976. The van der Waals surface area contributed by atoms with Crippen molar-refractivity contribution in [2.45, 2.75) is 13.0 Å². The van der Waals surface area contributed by atoms with Crippen LogP contribution in [0.25, 0.3) is 0 Å². The van der Waals surface area contributed by atoms with Crippen LogP contribution in [0.3, 0.4) is 0 Å². The first-order valence-electron chi connectivity index (χ1n) is 6.49. The number of rotatable bonds is 5. The van der Waals surface area contributed by atoms with Crippen molar-refractivity contribution in [3.63, 3.8) is 0 Å². The number of halogens is 2. The van der Waals surface area contributed by atoms with Crippen molar-refractivity contribution in [2.75, 3.05) is 19.5 Å². The summed E-state index contributed by atoms with van der Waals surface area (Å²) in [6.07, 6.45) is 0. The number of hydrogen-bond donors (Lipinski definition) is 1. The first kappa shape index (κ1) is 16.0. The van der Waals surface area contributed by atoms with Crippen molar-refractivity contribution < 1.29 is 9.47 Å². The van der Waals surface area contributed by atoms with Crippen molar-refractivity contribution in [3.8, 4) is 11.5 Å². The Morgan fingerprint density at radius 3 is 2.38 bits per heavy atom. The molecule has 0 saturated carbocycles. The topological polar surface area (TPSA) is 30.5 Å². The molecule has 2 rings (SSSR count). The van der Waals surface area contributed by atoms with Crippen LogP contribution in [-0.2, 0) is 0 Å². The average molecular weight is 371 g/mol. The zero-order valence-corrected chi connectivity index (χ0v) is 14.5. The fourth-order valence-electron chi connectivity index (χ4n) is 2.11. The number of anilines is 1. The molecule has 1 N–H and O–H groups in total. The fourth-order valence-corrected chi connectivity index (χ4v) is 2.97. The average Bonchev–Trinajstić information content (AvgIpc) is 2.48.